The fourth-order valence-corrected chi connectivity index (χ4v) is 1.97. The Bertz CT molecular complexity index is 495. The zero-order valence-electron chi connectivity index (χ0n) is 9.92. The van der Waals surface area contributed by atoms with Gasteiger partial charge in [-0.3, -0.25) is 4.79 Å². The maximum absolute atomic E-state index is 13.7. The third-order valence-corrected chi connectivity index (χ3v) is 3.13. The topological polar surface area (TPSA) is 75.3 Å². The van der Waals surface area contributed by atoms with Crippen molar-refractivity contribution in [2.75, 3.05) is 6.61 Å². The molecule has 1 aliphatic rings. The van der Waals surface area contributed by atoms with Gasteiger partial charge in [-0.15, -0.1) is 0 Å². The zero-order chi connectivity index (χ0) is 14.2. The summed E-state index contributed by atoms with van der Waals surface area (Å²) in [5.74, 6) is -3.82. The summed E-state index contributed by atoms with van der Waals surface area (Å²) in [6.07, 6.45) is 0.659. The van der Waals surface area contributed by atoms with Gasteiger partial charge in [-0.25, -0.2) is 13.2 Å². The summed E-state index contributed by atoms with van der Waals surface area (Å²) < 4.78 is 40.2. The van der Waals surface area contributed by atoms with Crippen LogP contribution >= 0.6 is 0 Å². The predicted octanol–water partition coefficient (Wildman–Crippen LogP) is 0.529. The summed E-state index contributed by atoms with van der Waals surface area (Å²) in [5.41, 5.74) is 3.76. The van der Waals surface area contributed by atoms with E-state index in [2.05, 4.69) is 5.32 Å². The first-order valence-corrected chi connectivity index (χ1v) is 5.73. The van der Waals surface area contributed by atoms with Crippen molar-refractivity contribution < 1.29 is 23.1 Å². The first kappa shape index (κ1) is 13.8. The molecule has 104 valence electrons. The lowest BCUT2D eigenvalue weighted by Crippen LogP contribution is -2.47. The fraction of sp³-hybridized carbons (Fsp3) is 0.417. The third kappa shape index (κ3) is 2.57. The molecule has 0 heterocycles. The lowest BCUT2D eigenvalue weighted by molar-refractivity contribution is -0.124. The smallest absolute Gasteiger partial charge is 0.239 e. The van der Waals surface area contributed by atoms with Crippen molar-refractivity contribution in [1.82, 2.24) is 5.32 Å². The minimum absolute atomic E-state index is 0.330. The van der Waals surface area contributed by atoms with Gasteiger partial charge in [0.05, 0.1) is 12.1 Å². The van der Waals surface area contributed by atoms with Crippen LogP contribution < -0.4 is 11.1 Å². The summed E-state index contributed by atoms with van der Waals surface area (Å²) in [5, 5.41) is 11.2. The largest absolute Gasteiger partial charge is 0.394 e. The van der Waals surface area contributed by atoms with E-state index in [1.165, 1.54) is 0 Å². The molecule has 1 unspecified atom stereocenters. The van der Waals surface area contributed by atoms with Crippen molar-refractivity contribution >= 4 is 5.91 Å². The van der Waals surface area contributed by atoms with Gasteiger partial charge in [0, 0.05) is 17.7 Å². The molecular weight excluding hydrogens is 261 g/mol. The molecule has 1 atom stereocenters. The van der Waals surface area contributed by atoms with Gasteiger partial charge in [-0.2, -0.15) is 0 Å². The molecule has 1 aliphatic carbocycles. The number of rotatable bonds is 4. The summed E-state index contributed by atoms with van der Waals surface area (Å²) >= 11 is 0. The van der Waals surface area contributed by atoms with Gasteiger partial charge >= 0.3 is 0 Å². The standard InChI is InChI=1S/C12H13F3N2O2/c13-6-3-7(14)10(8(15)4-6)12(1-2-12)17-11(19)9(16)5-18/h3-4,9,18H,1-2,5,16H2,(H,17,19). The lowest BCUT2D eigenvalue weighted by Gasteiger charge is -2.21. The molecule has 1 aromatic rings. The average molecular weight is 274 g/mol. The van der Waals surface area contributed by atoms with Gasteiger partial charge in [0.1, 0.15) is 23.5 Å². The van der Waals surface area contributed by atoms with E-state index in [1.54, 1.807) is 0 Å². The highest BCUT2D eigenvalue weighted by Gasteiger charge is 2.49. The number of aliphatic hydroxyl groups excluding tert-OH is 1. The van der Waals surface area contributed by atoms with Crippen molar-refractivity contribution in [2.45, 2.75) is 24.4 Å². The Balaban J connectivity index is 2.29. The number of nitrogens with one attached hydrogen (secondary N) is 1. The van der Waals surface area contributed by atoms with E-state index >= 15 is 0 Å². The van der Waals surface area contributed by atoms with Gasteiger partial charge in [0.2, 0.25) is 5.91 Å². The second-order valence-corrected chi connectivity index (χ2v) is 4.60. The maximum atomic E-state index is 13.7. The highest BCUT2D eigenvalue weighted by atomic mass is 19.1. The van der Waals surface area contributed by atoms with E-state index in [-0.39, 0.29) is 5.56 Å². The molecule has 1 saturated carbocycles. The number of halogens is 3. The van der Waals surface area contributed by atoms with Crippen LogP contribution in [0.1, 0.15) is 18.4 Å². The zero-order valence-corrected chi connectivity index (χ0v) is 9.92. The van der Waals surface area contributed by atoms with Crippen LogP contribution in [0.15, 0.2) is 12.1 Å². The van der Waals surface area contributed by atoms with Gasteiger partial charge in [-0.05, 0) is 12.8 Å². The number of hydrogen-bond acceptors (Lipinski definition) is 3. The van der Waals surface area contributed by atoms with Gasteiger partial charge in [0.15, 0.2) is 0 Å². The fourth-order valence-electron chi connectivity index (χ4n) is 1.97. The molecule has 0 aliphatic heterocycles. The second-order valence-electron chi connectivity index (χ2n) is 4.60. The van der Waals surface area contributed by atoms with Crippen molar-refractivity contribution in [1.29, 1.82) is 0 Å². The Hall–Kier alpha value is -1.60. The average Bonchev–Trinajstić information content (AvgIpc) is 3.06. The van der Waals surface area contributed by atoms with Crippen LogP contribution in [0.4, 0.5) is 13.2 Å². The molecule has 0 aromatic heterocycles. The van der Waals surface area contributed by atoms with E-state index in [9.17, 15) is 18.0 Å². The monoisotopic (exact) mass is 274 g/mol. The molecule has 2 rings (SSSR count). The van der Waals surface area contributed by atoms with E-state index in [0.29, 0.717) is 25.0 Å². The van der Waals surface area contributed by atoms with Crippen LogP contribution in [0.5, 0.6) is 0 Å². The maximum Gasteiger partial charge on any atom is 0.239 e. The summed E-state index contributed by atoms with van der Waals surface area (Å²) in [6.45, 7) is -0.573. The molecule has 0 spiro atoms. The Labute approximate surface area is 107 Å². The quantitative estimate of drug-likeness (QED) is 0.749. The molecule has 4 N–H and O–H groups in total. The summed E-state index contributed by atoms with van der Waals surface area (Å²) in [7, 11) is 0. The molecule has 1 fully saturated rings. The van der Waals surface area contributed by atoms with Crippen molar-refractivity contribution in [3.63, 3.8) is 0 Å². The van der Waals surface area contributed by atoms with Gasteiger partial charge in [-0.1, -0.05) is 0 Å². The van der Waals surface area contributed by atoms with Crippen LogP contribution in [0.3, 0.4) is 0 Å². The normalized spacial score (nSPS) is 17.9. The minimum Gasteiger partial charge on any atom is -0.394 e. The number of amides is 1. The first-order chi connectivity index (χ1) is 8.89. The Morgan fingerprint density at radius 2 is 1.89 bits per heavy atom. The second kappa shape index (κ2) is 4.82. The highest BCUT2D eigenvalue weighted by molar-refractivity contribution is 5.83. The molecule has 0 bridgehead atoms. The van der Waals surface area contributed by atoms with Gasteiger partial charge in [0.25, 0.3) is 0 Å². The van der Waals surface area contributed by atoms with Crippen molar-refractivity contribution in [3.8, 4) is 0 Å². The Morgan fingerprint density at radius 3 is 2.32 bits per heavy atom. The summed E-state index contributed by atoms with van der Waals surface area (Å²) in [6, 6.07) is -0.0308. The van der Waals surface area contributed by atoms with E-state index in [4.69, 9.17) is 10.8 Å². The lowest BCUT2D eigenvalue weighted by atomic mass is 10.0. The highest BCUT2D eigenvalue weighted by Crippen LogP contribution is 2.47. The molecule has 19 heavy (non-hydrogen) atoms. The molecule has 0 saturated heterocycles. The molecule has 1 amide bonds. The molecule has 7 heteroatoms. The number of nitrogens with two attached hydrogens (primary N) is 1. The predicted molar refractivity (Wildman–Crippen MR) is 60.4 cm³/mol. The van der Waals surface area contributed by atoms with Gasteiger partial charge < -0.3 is 16.2 Å². The SMILES string of the molecule is NC(CO)C(=O)NC1(c2c(F)cc(F)cc2F)CC1. The van der Waals surface area contributed by atoms with Crippen LogP contribution in [-0.4, -0.2) is 23.7 Å². The number of carbonyl (C=O) groups excluding carboxylic acids is 1. The molecule has 0 radical (unpaired) electrons. The van der Waals surface area contributed by atoms with Crippen molar-refractivity contribution in [2.24, 2.45) is 5.73 Å². The number of aliphatic hydroxyl groups is 1. The minimum atomic E-state index is -1.19. The third-order valence-electron chi connectivity index (χ3n) is 3.13. The molecule has 4 nitrogen and oxygen atoms in total. The van der Waals surface area contributed by atoms with E-state index < -0.39 is 41.5 Å². The van der Waals surface area contributed by atoms with Crippen LogP contribution in [0, 0.1) is 17.5 Å². The number of carbonyl (C=O) groups is 1. The van der Waals surface area contributed by atoms with Crippen LogP contribution in [-0.2, 0) is 10.3 Å². The molecule has 1 aromatic carbocycles. The summed E-state index contributed by atoms with van der Waals surface area (Å²) in [4.78, 5) is 11.6. The number of hydrogen-bond donors (Lipinski definition) is 3. The molecular formula is C12H13F3N2O2. The van der Waals surface area contributed by atoms with Crippen molar-refractivity contribution in [3.05, 3.63) is 35.1 Å². The Morgan fingerprint density at radius 1 is 1.37 bits per heavy atom. The Kier molecular flexibility index (Phi) is 3.51. The van der Waals surface area contributed by atoms with Crippen LogP contribution in [0.2, 0.25) is 0 Å². The number of benzene rings is 1. The van der Waals surface area contributed by atoms with Crippen LogP contribution in [0.25, 0.3) is 0 Å². The first-order valence-electron chi connectivity index (χ1n) is 5.73. The van der Waals surface area contributed by atoms with E-state index in [1.807, 2.05) is 0 Å². The van der Waals surface area contributed by atoms with E-state index in [0.717, 1.165) is 0 Å².